The summed E-state index contributed by atoms with van der Waals surface area (Å²) in [6.07, 6.45) is 1.38. The van der Waals surface area contributed by atoms with Crippen molar-refractivity contribution in [2.45, 2.75) is 19.4 Å². The molecule has 0 aliphatic carbocycles. The number of H-pyrrole nitrogens is 1. The third-order valence-corrected chi connectivity index (χ3v) is 1.93. The molecule has 0 saturated heterocycles. The van der Waals surface area contributed by atoms with Crippen molar-refractivity contribution < 1.29 is 0 Å². The number of hydrogen-bond donors (Lipinski definition) is 3. The van der Waals surface area contributed by atoms with Crippen LogP contribution in [0.5, 0.6) is 0 Å². The molecular formula is C8H12N6. The standard InChI is InChI=1S/C8H12N6/c1-8(2,10)7-13-4-5(9)11-3-12-6(4)14-7/h3H,10H2,1-2H3,(H3,9,11,12,13,14). The molecule has 2 aromatic rings. The molecule has 14 heavy (non-hydrogen) atoms. The fourth-order valence-corrected chi connectivity index (χ4v) is 1.15. The molecule has 6 nitrogen and oxygen atoms in total. The van der Waals surface area contributed by atoms with Crippen molar-refractivity contribution in [3.05, 3.63) is 12.2 Å². The molecule has 0 amide bonds. The molecule has 2 heterocycles. The molecule has 0 aliphatic rings. The summed E-state index contributed by atoms with van der Waals surface area (Å²) in [6.45, 7) is 3.71. The maximum absolute atomic E-state index is 5.89. The van der Waals surface area contributed by atoms with E-state index in [-0.39, 0.29) is 0 Å². The Labute approximate surface area is 80.8 Å². The minimum Gasteiger partial charge on any atom is -0.382 e. The van der Waals surface area contributed by atoms with Crippen LogP contribution < -0.4 is 11.5 Å². The summed E-state index contributed by atoms with van der Waals surface area (Å²) in [6, 6.07) is 0. The summed E-state index contributed by atoms with van der Waals surface area (Å²) < 4.78 is 0. The van der Waals surface area contributed by atoms with Gasteiger partial charge in [0.15, 0.2) is 11.5 Å². The summed E-state index contributed by atoms with van der Waals surface area (Å²) in [7, 11) is 0. The number of fused-ring (bicyclic) bond motifs is 1. The van der Waals surface area contributed by atoms with E-state index in [1.807, 2.05) is 13.8 Å². The van der Waals surface area contributed by atoms with Gasteiger partial charge in [0.1, 0.15) is 17.7 Å². The highest BCUT2D eigenvalue weighted by Crippen LogP contribution is 2.19. The lowest BCUT2D eigenvalue weighted by molar-refractivity contribution is 0.522. The quantitative estimate of drug-likeness (QED) is 0.595. The molecule has 2 aromatic heterocycles. The van der Waals surface area contributed by atoms with Gasteiger partial charge in [0.05, 0.1) is 5.54 Å². The molecule has 0 radical (unpaired) electrons. The largest absolute Gasteiger partial charge is 0.382 e. The summed E-state index contributed by atoms with van der Waals surface area (Å²) in [5, 5.41) is 0. The van der Waals surface area contributed by atoms with Gasteiger partial charge in [-0.1, -0.05) is 0 Å². The normalized spacial score (nSPS) is 12.2. The highest BCUT2D eigenvalue weighted by atomic mass is 15.1. The number of aromatic nitrogens is 4. The van der Waals surface area contributed by atoms with E-state index in [9.17, 15) is 0 Å². The number of rotatable bonds is 1. The third kappa shape index (κ3) is 1.29. The van der Waals surface area contributed by atoms with E-state index in [1.165, 1.54) is 6.33 Å². The third-order valence-electron chi connectivity index (χ3n) is 1.93. The van der Waals surface area contributed by atoms with E-state index in [0.717, 1.165) is 0 Å². The van der Waals surface area contributed by atoms with E-state index in [1.54, 1.807) is 0 Å². The average Bonchev–Trinajstić information content (AvgIpc) is 2.48. The predicted octanol–water partition coefficient (Wildman–Crippen LogP) is 0.129. The smallest absolute Gasteiger partial charge is 0.183 e. The molecule has 0 aliphatic heterocycles. The minimum absolute atomic E-state index is 0.387. The van der Waals surface area contributed by atoms with Crippen LogP contribution in [0, 0.1) is 0 Å². The van der Waals surface area contributed by atoms with Gasteiger partial charge >= 0.3 is 0 Å². The van der Waals surface area contributed by atoms with Gasteiger partial charge in [-0.3, -0.25) is 0 Å². The van der Waals surface area contributed by atoms with Crippen molar-refractivity contribution >= 4 is 17.0 Å². The number of nitrogens with one attached hydrogen (secondary N) is 1. The molecule has 0 unspecified atom stereocenters. The van der Waals surface area contributed by atoms with Crippen LogP contribution in [-0.2, 0) is 5.54 Å². The number of nitrogens with zero attached hydrogens (tertiary/aromatic N) is 3. The summed E-state index contributed by atoms with van der Waals surface area (Å²) in [5.74, 6) is 1.04. The molecule has 6 heteroatoms. The first kappa shape index (κ1) is 8.89. The fourth-order valence-electron chi connectivity index (χ4n) is 1.15. The monoisotopic (exact) mass is 192 g/mol. The SMILES string of the molecule is CC(C)(N)c1nc2ncnc(N)c2[nH]1. The first-order valence-corrected chi connectivity index (χ1v) is 4.24. The fraction of sp³-hybridized carbons (Fsp3) is 0.375. The van der Waals surface area contributed by atoms with Crippen LogP contribution in [0.2, 0.25) is 0 Å². The van der Waals surface area contributed by atoms with Crippen LogP contribution in [0.15, 0.2) is 6.33 Å². The highest BCUT2D eigenvalue weighted by Gasteiger charge is 2.19. The van der Waals surface area contributed by atoms with E-state index in [4.69, 9.17) is 11.5 Å². The van der Waals surface area contributed by atoms with Crippen LogP contribution in [0.3, 0.4) is 0 Å². The topological polar surface area (TPSA) is 106 Å². The molecule has 0 spiro atoms. The summed E-state index contributed by atoms with van der Waals surface area (Å²) in [4.78, 5) is 15.1. The predicted molar refractivity (Wildman–Crippen MR) is 53.3 cm³/mol. The van der Waals surface area contributed by atoms with Gasteiger partial charge in [0, 0.05) is 0 Å². The number of hydrogen-bond acceptors (Lipinski definition) is 5. The molecule has 5 N–H and O–H groups in total. The molecule has 2 rings (SSSR count). The van der Waals surface area contributed by atoms with Crippen LogP contribution in [0.4, 0.5) is 5.82 Å². The zero-order chi connectivity index (χ0) is 10.3. The summed E-state index contributed by atoms with van der Waals surface area (Å²) >= 11 is 0. The number of nitrogens with two attached hydrogens (primary N) is 2. The highest BCUT2D eigenvalue weighted by molar-refractivity contribution is 5.81. The number of nitrogen functional groups attached to an aromatic ring is 1. The van der Waals surface area contributed by atoms with Crippen molar-refractivity contribution in [3.8, 4) is 0 Å². The first-order chi connectivity index (χ1) is 6.48. The average molecular weight is 192 g/mol. The van der Waals surface area contributed by atoms with Crippen LogP contribution in [0.1, 0.15) is 19.7 Å². The Morgan fingerprint density at radius 3 is 2.64 bits per heavy atom. The molecule has 0 fully saturated rings. The Morgan fingerprint density at radius 1 is 1.36 bits per heavy atom. The Kier molecular flexibility index (Phi) is 1.68. The summed E-state index contributed by atoms with van der Waals surface area (Å²) in [5.41, 5.74) is 12.2. The van der Waals surface area contributed by atoms with Gasteiger partial charge < -0.3 is 16.5 Å². The van der Waals surface area contributed by atoms with Gasteiger partial charge in [0.2, 0.25) is 0 Å². The van der Waals surface area contributed by atoms with E-state index in [2.05, 4.69) is 19.9 Å². The van der Waals surface area contributed by atoms with Gasteiger partial charge in [-0.15, -0.1) is 0 Å². The molecule has 74 valence electrons. The second kappa shape index (κ2) is 2.65. The maximum atomic E-state index is 5.89. The van der Waals surface area contributed by atoms with E-state index >= 15 is 0 Å². The van der Waals surface area contributed by atoms with Crippen molar-refractivity contribution in [1.29, 1.82) is 0 Å². The van der Waals surface area contributed by atoms with Gasteiger partial charge in [-0.2, -0.15) is 0 Å². The first-order valence-electron chi connectivity index (χ1n) is 4.24. The second-order valence-corrected chi connectivity index (χ2v) is 3.76. The van der Waals surface area contributed by atoms with Crippen LogP contribution in [0.25, 0.3) is 11.2 Å². The number of aromatic amines is 1. The molecule has 0 bridgehead atoms. The van der Waals surface area contributed by atoms with Crippen molar-refractivity contribution in [2.75, 3.05) is 5.73 Å². The molecule has 0 aromatic carbocycles. The number of anilines is 1. The molecule has 0 atom stereocenters. The van der Waals surface area contributed by atoms with Crippen molar-refractivity contribution in [2.24, 2.45) is 5.73 Å². The minimum atomic E-state index is -0.535. The Morgan fingerprint density at radius 2 is 2.07 bits per heavy atom. The second-order valence-electron chi connectivity index (χ2n) is 3.76. The zero-order valence-electron chi connectivity index (χ0n) is 8.07. The van der Waals surface area contributed by atoms with Gasteiger partial charge in [-0.05, 0) is 13.8 Å². The van der Waals surface area contributed by atoms with Gasteiger partial charge in [-0.25, -0.2) is 15.0 Å². The number of imidazole rings is 1. The Bertz CT molecular complexity index is 466. The Hall–Kier alpha value is -1.69. The molecule has 0 saturated carbocycles. The van der Waals surface area contributed by atoms with E-state index in [0.29, 0.717) is 22.8 Å². The van der Waals surface area contributed by atoms with Crippen LogP contribution >= 0.6 is 0 Å². The zero-order valence-corrected chi connectivity index (χ0v) is 8.07. The Balaban J connectivity index is 2.69. The lowest BCUT2D eigenvalue weighted by atomic mass is 10.1. The van der Waals surface area contributed by atoms with Crippen LogP contribution in [-0.4, -0.2) is 19.9 Å². The lowest BCUT2D eigenvalue weighted by Crippen LogP contribution is -2.30. The van der Waals surface area contributed by atoms with E-state index < -0.39 is 5.54 Å². The molecular weight excluding hydrogens is 180 g/mol. The van der Waals surface area contributed by atoms with Crippen molar-refractivity contribution in [3.63, 3.8) is 0 Å². The van der Waals surface area contributed by atoms with Gasteiger partial charge in [0.25, 0.3) is 0 Å². The lowest BCUT2D eigenvalue weighted by Gasteiger charge is -2.13. The maximum Gasteiger partial charge on any atom is 0.183 e. The van der Waals surface area contributed by atoms with Crippen molar-refractivity contribution in [1.82, 2.24) is 19.9 Å².